The van der Waals surface area contributed by atoms with Gasteiger partial charge in [0.15, 0.2) is 0 Å². The number of hydrogen-bond acceptors (Lipinski definition) is 6. The number of phenols is 2. The van der Waals surface area contributed by atoms with Crippen LogP contribution in [-0.2, 0) is 20.2 Å². The summed E-state index contributed by atoms with van der Waals surface area (Å²) in [4.78, 5) is -1.80. The van der Waals surface area contributed by atoms with Crippen molar-refractivity contribution in [3.8, 4) is 11.5 Å². The van der Waals surface area contributed by atoms with Gasteiger partial charge in [-0.3, -0.25) is 9.11 Å². The lowest BCUT2D eigenvalue weighted by Gasteiger charge is -2.09. The maximum absolute atomic E-state index is 11.3. The minimum atomic E-state index is -4.90. The Hall–Kier alpha value is -1.88. The Balaban J connectivity index is 3.14. The highest BCUT2D eigenvalue weighted by Gasteiger charge is 2.23. The Morgan fingerprint density at radius 1 is 0.800 bits per heavy atom. The van der Waals surface area contributed by atoms with Crippen LogP contribution in [0.25, 0.3) is 10.8 Å². The van der Waals surface area contributed by atoms with Gasteiger partial charge < -0.3 is 10.2 Å². The first-order chi connectivity index (χ1) is 9.01. The minimum Gasteiger partial charge on any atom is -0.507 e. The quantitative estimate of drug-likeness (QED) is 0.467. The first kappa shape index (κ1) is 14.5. The average molecular weight is 320 g/mol. The second-order valence-corrected chi connectivity index (χ2v) is 6.71. The Morgan fingerprint density at radius 3 is 1.85 bits per heavy atom. The predicted octanol–water partition coefficient (Wildman–Crippen LogP) is 0.744. The van der Waals surface area contributed by atoms with Gasteiger partial charge in [0.2, 0.25) is 0 Å². The van der Waals surface area contributed by atoms with Crippen molar-refractivity contribution < 1.29 is 36.2 Å². The van der Waals surface area contributed by atoms with Gasteiger partial charge in [-0.15, -0.1) is 0 Å². The summed E-state index contributed by atoms with van der Waals surface area (Å²) in [7, 11) is -9.67. The van der Waals surface area contributed by atoms with Gasteiger partial charge in [0, 0.05) is 10.8 Å². The maximum Gasteiger partial charge on any atom is 0.295 e. The second-order valence-electron chi connectivity index (χ2n) is 3.90. The van der Waals surface area contributed by atoms with E-state index in [1.165, 1.54) is 0 Å². The monoisotopic (exact) mass is 320 g/mol. The molecule has 4 N–H and O–H groups in total. The molecule has 0 heterocycles. The van der Waals surface area contributed by atoms with Gasteiger partial charge in [0.05, 0.1) is 4.90 Å². The number of aromatic hydroxyl groups is 2. The van der Waals surface area contributed by atoms with Crippen LogP contribution in [0, 0.1) is 0 Å². The van der Waals surface area contributed by atoms with E-state index in [9.17, 15) is 27.0 Å². The Morgan fingerprint density at radius 2 is 1.35 bits per heavy atom. The lowest BCUT2D eigenvalue weighted by atomic mass is 10.1. The highest BCUT2D eigenvalue weighted by Crippen LogP contribution is 2.38. The number of rotatable bonds is 2. The van der Waals surface area contributed by atoms with Crippen LogP contribution in [0.2, 0.25) is 0 Å². The molecule has 8 nitrogen and oxygen atoms in total. The molecule has 0 unspecified atom stereocenters. The second kappa shape index (κ2) is 4.31. The molecule has 0 aromatic heterocycles. The summed E-state index contributed by atoms with van der Waals surface area (Å²) in [5.74, 6) is -1.12. The first-order valence-electron chi connectivity index (χ1n) is 4.95. The Labute approximate surface area is 113 Å². The largest absolute Gasteiger partial charge is 0.507 e. The van der Waals surface area contributed by atoms with E-state index in [2.05, 4.69) is 0 Å². The SMILES string of the molecule is O=S(=O)(O)c1cc(S(=O)(=O)O)c2c(O)ccc(O)c2c1. The molecule has 0 aliphatic rings. The molecule has 2 aromatic rings. The highest BCUT2D eigenvalue weighted by atomic mass is 32.2. The molecule has 0 aliphatic carbocycles. The van der Waals surface area contributed by atoms with Crippen LogP contribution in [0.1, 0.15) is 0 Å². The molecule has 0 saturated carbocycles. The van der Waals surface area contributed by atoms with Crippen LogP contribution >= 0.6 is 0 Å². The zero-order valence-electron chi connectivity index (χ0n) is 9.55. The molecule has 20 heavy (non-hydrogen) atoms. The van der Waals surface area contributed by atoms with Crippen molar-refractivity contribution in [2.45, 2.75) is 9.79 Å². The fraction of sp³-hybridized carbons (Fsp3) is 0. The van der Waals surface area contributed by atoms with Crippen molar-refractivity contribution in [2.24, 2.45) is 0 Å². The van der Waals surface area contributed by atoms with Crippen LogP contribution in [0.3, 0.4) is 0 Å². The molecule has 0 amide bonds. The maximum atomic E-state index is 11.3. The van der Waals surface area contributed by atoms with E-state index in [0.29, 0.717) is 6.07 Å². The van der Waals surface area contributed by atoms with Gasteiger partial charge in [-0.25, -0.2) is 0 Å². The zero-order valence-corrected chi connectivity index (χ0v) is 11.2. The molecule has 0 aliphatic heterocycles. The van der Waals surface area contributed by atoms with Crippen molar-refractivity contribution >= 4 is 31.0 Å². The number of fused-ring (bicyclic) bond motifs is 1. The Bertz CT molecular complexity index is 912. The number of benzene rings is 2. The van der Waals surface area contributed by atoms with Crippen LogP contribution in [0.15, 0.2) is 34.1 Å². The summed E-state index contributed by atoms with van der Waals surface area (Å²) in [5, 5.41) is 18.4. The lowest BCUT2D eigenvalue weighted by Crippen LogP contribution is -2.04. The van der Waals surface area contributed by atoms with Gasteiger partial charge in [0.1, 0.15) is 16.4 Å². The topological polar surface area (TPSA) is 149 Å². The van der Waals surface area contributed by atoms with Crippen molar-refractivity contribution in [1.82, 2.24) is 0 Å². The predicted molar refractivity (Wildman–Crippen MR) is 66.9 cm³/mol. The third kappa shape index (κ3) is 2.41. The number of phenolic OH excluding ortho intramolecular Hbond substituents is 2. The van der Waals surface area contributed by atoms with Crippen LogP contribution in [0.5, 0.6) is 11.5 Å². The molecular formula is C10H8O8S2. The molecule has 0 fully saturated rings. The molecule has 0 saturated heterocycles. The molecule has 108 valence electrons. The normalized spacial score (nSPS) is 12.7. The summed E-state index contributed by atoms with van der Waals surface area (Å²) in [6, 6.07) is 3.22. The van der Waals surface area contributed by atoms with Crippen molar-refractivity contribution in [2.75, 3.05) is 0 Å². The molecule has 10 heteroatoms. The van der Waals surface area contributed by atoms with E-state index in [0.717, 1.165) is 18.2 Å². The van der Waals surface area contributed by atoms with E-state index >= 15 is 0 Å². The van der Waals surface area contributed by atoms with Gasteiger partial charge in [-0.1, -0.05) is 0 Å². The molecule has 2 rings (SSSR count). The summed E-state index contributed by atoms with van der Waals surface area (Å²) in [5.41, 5.74) is 0. The molecule has 0 radical (unpaired) electrons. The minimum absolute atomic E-state index is 0.354. The van der Waals surface area contributed by atoms with E-state index in [-0.39, 0.29) is 5.39 Å². The van der Waals surface area contributed by atoms with Gasteiger partial charge in [0.25, 0.3) is 20.2 Å². The first-order valence-corrected chi connectivity index (χ1v) is 7.83. The van der Waals surface area contributed by atoms with Gasteiger partial charge in [-0.05, 0) is 24.3 Å². The highest BCUT2D eigenvalue weighted by molar-refractivity contribution is 7.86. The zero-order chi connectivity index (χ0) is 15.3. The summed E-state index contributed by atoms with van der Waals surface area (Å²) >= 11 is 0. The van der Waals surface area contributed by atoms with Crippen molar-refractivity contribution in [3.05, 3.63) is 24.3 Å². The van der Waals surface area contributed by atoms with E-state index in [1.54, 1.807) is 0 Å². The molecular weight excluding hydrogens is 312 g/mol. The average Bonchev–Trinajstić information content (AvgIpc) is 2.30. The van der Waals surface area contributed by atoms with Crippen molar-refractivity contribution in [1.29, 1.82) is 0 Å². The van der Waals surface area contributed by atoms with E-state index in [4.69, 9.17) is 9.11 Å². The third-order valence-corrected chi connectivity index (χ3v) is 4.29. The molecule has 0 bridgehead atoms. The lowest BCUT2D eigenvalue weighted by molar-refractivity contribution is 0.465. The van der Waals surface area contributed by atoms with Crippen molar-refractivity contribution in [3.63, 3.8) is 0 Å². The van der Waals surface area contributed by atoms with E-state index in [1.807, 2.05) is 0 Å². The van der Waals surface area contributed by atoms with Crippen LogP contribution in [0.4, 0.5) is 0 Å². The molecule has 0 atom stereocenters. The van der Waals surface area contributed by atoms with Gasteiger partial charge >= 0.3 is 0 Å². The summed E-state index contributed by atoms with van der Waals surface area (Å²) in [6.07, 6.45) is 0. The van der Waals surface area contributed by atoms with Gasteiger partial charge in [-0.2, -0.15) is 16.8 Å². The number of hydrogen-bond donors (Lipinski definition) is 4. The summed E-state index contributed by atoms with van der Waals surface area (Å²) in [6.45, 7) is 0. The van der Waals surface area contributed by atoms with Crippen LogP contribution < -0.4 is 0 Å². The third-order valence-electron chi connectivity index (χ3n) is 2.58. The van der Waals surface area contributed by atoms with Crippen LogP contribution in [-0.4, -0.2) is 36.2 Å². The molecule has 2 aromatic carbocycles. The smallest absolute Gasteiger partial charge is 0.295 e. The van der Waals surface area contributed by atoms with E-state index < -0.39 is 46.9 Å². The molecule has 0 spiro atoms. The fourth-order valence-corrected chi connectivity index (χ4v) is 3.10. The fourth-order valence-electron chi connectivity index (χ4n) is 1.74. The standard InChI is InChI=1S/C10H8O8S2/c11-7-1-2-8(12)10-6(7)3-5(19(13,14)15)4-9(10)20(16,17)18/h1-4,11-12H,(H,13,14,15)(H,16,17,18). The Kier molecular flexibility index (Phi) is 3.13. The summed E-state index contributed by atoms with van der Waals surface area (Å²) < 4.78 is 62.8.